The lowest BCUT2D eigenvalue weighted by atomic mass is 9.71. The van der Waals surface area contributed by atoms with E-state index in [4.69, 9.17) is 4.74 Å². The summed E-state index contributed by atoms with van der Waals surface area (Å²) in [5, 5.41) is 4.32. The number of carbonyl (C=O) groups is 2. The van der Waals surface area contributed by atoms with Gasteiger partial charge in [0.1, 0.15) is 5.69 Å². The molecule has 1 aromatic rings. The van der Waals surface area contributed by atoms with Crippen molar-refractivity contribution in [3.8, 4) is 0 Å². The molecule has 24 heavy (non-hydrogen) atoms. The third-order valence-electron chi connectivity index (χ3n) is 5.35. The molecule has 2 fully saturated rings. The second-order valence-electron chi connectivity index (χ2n) is 7.00. The summed E-state index contributed by atoms with van der Waals surface area (Å²) >= 11 is 0. The van der Waals surface area contributed by atoms with Gasteiger partial charge in [-0.2, -0.15) is 5.10 Å². The molecular formula is C17H26N4O3. The zero-order chi connectivity index (χ0) is 17.3. The van der Waals surface area contributed by atoms with Crippen molar-refractivity contribution in [2.24, 2.45) is 11.3 Å². The second kappa shape index (κ2) is 6.55. The minimum absolute atomic E-state index is 0.0814. The molecule has 1 spiro atoms. The van der Waals surface area contributed by atoms with Crippen molar-refractivity contribution in [3.63, 3.8) is 0 Å². The van der Waals surface area contributed by atoms with E-state index in [1.165, 1.54) is 0 Å². The summed E-state index contributed by atoms with van der Waals surface area (Å²) < 4.78 is 7.24. The Balaban J connectivity index is 1.83. The first-order chi connectivity index (χ1) is 11.5. The van der Waals surface area contributed by atoms with Crippen molar-refractivity contribution in [2.75, 3.05) is 40.4 Å². The van der Waals surface area contributed by atoms with Crippen LogP contribution in [0.15, 0.2) is 12.3 Å². The normalized spacial score (nSPS) is 22.8. The van der Waals surface area contributed by atoms with Crippen molar-refractivity contribution in [1.29, 1.82) is 0 Å². The van der Waals surface area contributed by atoms with Crippen LogP contribution < -0.4 is 0 Å². The monoisotopic (exact) mass is 334 g/mol. The molecule has 0 aromatic carbocycles. The maximum atomic E-state index is 12.8. The summed E-state index contributed by atoms with van der Waals surface area (Å²) in [4.78, 5) is 29.0. The molecule has 3 heterocycles. The molecule has 2 saturated heterocycles. The first-order valence-electron chi connectivity index (χ1n) is 8.58. The number of ether oxygens (including phenoxy) is 1. The van der Waals surface area contributed by atoms with Crippen molar-refractivity contribution >= 4 is 11.8 Å². The molecule has 2 aliphatic rings. The van der Waals surface area contributed by atoms with Crippen LogP contribution in [0.3, 0.4) is 0 Å². The Labute approximate surface area is 142 Å². The summed E-state index contributed by atoms with van der Waals surface area (Å²) in [6.45, 7) is 5.11. The van der Waals surface area contributed by atoms with Crippen molar-refractivity contribution < 1.29 is 14.3 Å². The van der Waals surface area contributed by atoms with E-state index in [1.807, 2.05) is 13.1 Å². The average Bonchev–Trinajstić information content (AvgIpc) is 3.19. The summed E-state index contributed by atoms with van der Waals surface area (Å²) in [6.07, 6.45) is 3.46. The quantitative estimate of drug-likeness (QED) is 0.822. The highest BCUT2D eigenvalue weighted by Crippen LogP contribution is 2.45. The van der Waals surface area contributed by atoms with Crippen LogP contribution in [0.4, 0.5) is 0 Å². The molecule has 1 aromatic heterocycles. The van der Waals surface area contributed by atoms with Crippen molar-refractivity contribution in [3.05, 3.63) is 18.0 Å². The third kappa shape index (κ3) is 2.92. The number of likely N-dealkylation sites (tertiary alicyclic amines) is 1. The number of carbonyl (C=O) groups excluding carboxylic acids is 2. The smallest absolute Gasteiger partial charge is 0.274 e. The average molecular weight is 334 g/mol. The van der Waals surface area contributed by atoms with Crippen LogP contribution in [0.2, 0.25) is 0 Å². The predicted molar refractivity (Wildman–Crippen MR) is 88.5 cm³/mol. The molecule has 7 heteroatoms. The highest BCUT2D eigenvalue weighted by Gasteiger charge is 2.52. The lowest BCUT2D eigenvalue weighted by molar-refractivity contribution is -0.138. The van der Waals surface area contributed by atoms with Gasteiger partial charge in [0.05, 0.1) is 5.92 Å². The number of hydrogen-bond donors (Lipinski definition) is 0. The molecule has 7 nitrogen and oxygen atoms in total. The second-order valence-corrected chi connectivity index (χ2v) is 7.00. The number of rotatable bonds is 3. The van der Waals surface area contributed by atoms with Crippen LogP contribution in [0.1, 0.15) is 30.3 Å². The van der Waals surface area contributed by atoms with Gasteiger partial charge in [-0.15, -0.1) is 0 Å². The van der Waals surface area contributed by atoms with Crippen LogP contribution in [0, 0.1) is 11.3 Å². The van der Waals surface area contributed by atoms with Crippen LogP contribution in [0.5, 0.6) is 0 Å². The molecule has 0 N–H and O–H groups in total. The third-order valence-corrected chi connectivity index (χ3v) is 5.35. The van der Waals surface area contributed by atoms with Crippen LogP contribution in [0.25, 0.3) is 0 Å². The first-order valence-corrected chi connectivity index (χ1v) is 8.58. The lowest BCUT2D eigenvalue weighted by Gasteiger charge is -2.37. The number of hydrogen-bond acceptors (Lipinski definition) is 4. The molecule has 0 bridgehead atoms. The summed E-state index contributed by atoms with van der Waals surface area (Å²) in [5.41, 5.74) is 0.291. The van der Waals surface area contributed by atoms with E-state index in [1.54, 1.807) is 34.6 Å². The number of aromatic nitrogens is 2. The highest BCUT2D eigenvalue weighted by atomic mass is 16.5. The fraction of sp³-hybridized carbons (Fsp3) is 0.706. The molecule has 2 aliphatic heterocycles. The largest absolute Gasteiger partial charge is 0.381 e. The van der Waals surface area contributed by atoms with E-state index < -0.39 is 0 Å². The summed E-state index contributed by atoms with van der Waals surface area (Å²) in [5.74, 6) is -0.137. The number of aryl methyl sites for hydroxylation is 1. The molecule has 0 aliphatic carbocycles. The van der Waals surface area contributed by atoms with E-state index >= 15 is 0 Å². The summed E-state index contributed by atoms with van der Waals surface area (Å²) in [6, 6.07) is 1.75. The van der Waals surface area contributed by atoms with Crippen LogP contribution >= 0.6 is 0 Å². The molecule has 0 saturated carbocycles. The molecule has 2 amide bonds. The zero-order valence-electron chi connectivity index (χ0n) is 14.7. The SMILES string of the molecule is CCn1ccc(C(=O)N2CC(C(=O)N(C)C)C3(CCOCC3)C2)n1. The molecule has 1 unspecified atom stereocenters. The van der Waals surface area contributed by atoms with Gasteiger partial charge in [-0.05, 0) is 25.8 Å². The molecule has 1 atom stereocenters. The number of nitrogens with zero attached hydrogens (tertiary/aromatic N) is 4. The Morgan fingerprint density at radius 1 is 1.38 bits per heavy atom. The fourth-order valence-electron chi connectivity index (χ4n) is 3.87. The topological polar surface area (TPSA) is 67.7 Å². The standard InChI is InChI=1S/C17H26N4O3/c1-4-21-8-5-14(18-21)16(23)20-11-13(15(22)19(2)3)17(12-20)6-9-24-10-7-17/h5,8,13H,4,6-7,9-12H2,1-3H3. The van der Waals surface area contributed by atoms with Gasteiger partial charge in [-0.1, -0.05) is 0 Å². The minimum atomic E-state index is -0.164. The van der Waals surface area contributed by atoms with Gasteiger partial charge < -0.3 is 14.5 Å². The van der Waals surface area contributed by atoms with Gasteiger partial charge in [-0.3, -0.25) is 14.3 Å². The van der Waals surface area contributed by atoms with Gasteiger partial charge in [0.2, 0.25) is 5.91 Å². The Bertz CT molecular complexity index is 619. The van der Waals surface area contributed by atoms with E-state index in [2.05, 4.69) is 5.10 Å². The Morgan fingerprint density at radius 3 is 2.67 bits per heavy atom. The Morgan fingerprint density at radius 2 is 2.08 bits per heavy atom. The maximum Gasteiger partial charge on any atom is 0.274 e. The summed E-state index contributed by atoms with van der Waals surface area (Å²) in [7, 11) is 3.56. The van der Waals surface area contributed by atoms with Gasteiger partial charge in [0.15, 0.2) is 0 Å². The first kappa shape index (κ1) is 17.0. The molecule has 132 valence electrons. The molecule has 0 radical (unpaired) electrons. The maximum absolute atomic E-state index is 12.8. The lowest BCUT2D eigenvalue weighted by Crippen LogP contribution is -2.44. The van der Waals surface area contributed by atoms with Gasteiger partial charge in [0.25, 0.3) is 5.91 Å². The van der Waals surface area contributed by atoms with Crippen molar-refractivity contribution in [2.45, 2.75) is 26.3 Å². The molecular weight excluding hydrogens is 308 g/mol. The highest BCUT2D eigenvalue weighted by molar-refractivity contribution is 5.93. The van der Waals surface area contributed by atoms with Crippen LogP contribution in [-0.2, 0) is 16.1 Å². The minimum Gasteiger partial charge on any atom is -0.381 e. The van der Waals surface area contributed by atoms with Gasteiger partial charge in [-0.25, -0.2) is 0 Å². The van der Waals surface area contributed by atoms with Crippen molar-refractivity contribution in [1.82, 2.24) is 19.6 Å². The number of amides is 2. The zero-order valence-corrected chi connectivity index (χ0v) is 14.7. The van der Waals surface area contributed by atoms with E-state index in [0.717, 1.165) is 19.4 Å². The molecule has 3 rings (SSSR count). The predicted octanol–water partition coefficient (Wildman–Crippen LogP) is 0.860. The Hall–Kier alpha value is -1.89. The Kier molecular flexibility index (Phi) is 4.62. The van der Waals surface area contributed by atoms with Gasteiger partial charge in [0, 0.05) is 58.6 Å². The van der Waals surface area contributed by atoms with E-state index in [9.17, 15) is 9.59 Å². The van der Waals surface area contributed by atoms with Crippen LogP contribution in [-0.4, -0.2) is 71.8 Å². The van der Waals surface area contributed by atoms with E-state index in [-0.39, 0.29) is 23.1 Å². The fourth-order valence-corrected chi connectivity index (χ4v) is 3.87. The van der Waals surface area contributed by atoms with E-state index in [0.29, 0.717) is 32.0 Å². The van der Waals surface area contributed by atoms with Gasteiger partial charge >= 0.3 is 0 Å².